The van der Waals surface area contributed by atoms with E-state index in [1.165, 1.54) is 0 Å². The summed E-state index contributed by atoms with van der Waals surface area (Å²) in [6, 6.07) is 17.8. The third-order valence-electron chi connectivity index (χ3n) is 5.15. The predicted molar refractivity (Wildman–Crippen MR) is 108 cm³/mol. The number of benzene rings is 2. The zero-order chi connectivity index (χ0) is 19.2. The van der Waals surface area contributed by atoms with Crippen LogP contribution in [0.2, 0.25) is 5.02 Å². The first-order valence-electron chi connectivity index (χ1n) is 9.38. The highest BCUT2D eigenvalue weighted by Gasteiger charge is 2.24. The van der Waals surface area contributed by atoms with Crippen LogP contribution in [0.5, 0.6) is 0 Å². The van der Waals surface area contributed by atoms with Gasteiger partial charge in [0.25, 0.3) is 0 Å². The summed E-state index contributed by atoms with van der Waals surface area (Å²) in [5.41, 5.74) is 2.20. The van der Waals surface area contributed by atoms with Crippen LogP contribution in [0.1, 0.15) is 36.8 Å². The van der Waals surface area contributed by atoms with Gasteiger partial charge < -0.3 is 9.80 Å². The Morgan fingerprint density at radius 1 is 0.889 bits per heavy atom. The van der Waals surface area contributed by atoms with Crippen molar-refractivity contribution < 1.29 is 9.59 Å². The largest absolute Gasteiger partial charge is 0.341 e. The molecule has 27 heavy (non-hydrogen) atoms. The van der Waals surface area contributed by atoms with Crippen molar-refractivity contribution in [2.24, 2.45) is 0 Å². The Balaban J connectivity index is 1.76. The molecule has 0 aliphatic carbocycles. The molecule has 142 valence electrons. The van der Waals surface area contributed by atoms with Crippen LogP contribution in [-0.4, -0.2) is 47.8 Å². The molecule has 3 rings (SSSR count). The average molecular weight is 385 g/mol. The number of carbonyl (C=O) groups is 2. The van der Waals surface area contributed by atoms with Gasteiger partial charge in [-0.2, -0.15) is 0 Å². The molecule has 2 amide bonds. The van der Waals surface area contributed by atoms with E-state index in [1.54, 1.807) is 6.92 Å². The van der Waals surface area contributed by atoms with Crippen molar-refractivity contribution in [1.29, 1.82) is 0 Å². The molecule has 0 N–H and O–H groups in total. The van der Waals surface area contributed by atoms with Crippen LogP contribution in [0.4, 0.5) is 0 Å². The molecular weight excluding hydrogens is 360 g/mol. The van der Waals surface area contributed by atoms with E-state index in [0.29, 0.717) is 31.1 Å². The molecule has 1 heterocycles. The van der Waals surface area contributed by atoms with Gasteiger partial charge in [0.2, 0.25) is 11.8 Å². The summed E-state index contributed by atoms with van der Waals surface area (Å²) in [7, 11) is 0. The fourth-order valence-corrected chi connectivity index (χ4v) is 3.72. The summed E-state index contributed by atoms with van der Waals surface area (Å²) < 4.78 is 0. The fraction of sp³-hybridized carbons (Fsp3) is 0.364. The zero-order valence-corrected chi connectivity index (χ0v) is 16.4. The summed E-state index contributed by atoms with van der Waals surface area (Å²) in [5.74, 6) is 0.194. The molecule has 2 aromatic rings. The topological polar surface area (TPSA) is 40.6 Å². The van der Waals surface area contributed by atoms with Gasteiger partial charge in [0.1, 0.15) is 0 Å². The maximum Gasteiger partial charge on any atom is 0.223 e. The fourth-order valence-electron chi connectivity index (χ4n) is 3.59. The molecular formula is C22H25ClN2O2. The lowest BCUT2D eigenvalue weighted by molar-refractivity contribution is -0.132. The number of nitrogens with zero attached hydrogens (tertiary/aromatic N) is 2. The highest BCUT2D eigenvalue weighted by Crippen LogP contribution is 2.29. The molecule has 1 atom stereocenters. The Morgan fingerprint density at radius 3 is 2.15 bits per heavy atom. The molecule has 0 bridgehead atoms. The Hall–Kier alpha value is -2.33. The lowest BCUT2D eigenvalue weighted by Gasteiger charge is -2.25. The zero-order valence-electron chi connectivity index (χ0n) is 15.6. The second-order valence-corrected chi connectivity index (χ2v) is 7.40. The average Bonchev–Trinajstić information content (AvgIpc) is 2.94. The SMILES string of the molecule is CC(=O)N1CCCN(C(=O)CC(c2ccccc2)c2ccc(Cl)cc2)CC1. The second-order valence-electron chi connectivity index (χ2n) is 6.96. The van der Waals surface area contributed by atoms with Crippen LogP contribution in [0.25, 0.3) is 0 Å². The summed E-state index contributed by atoms with van der Waals surface area (Å²) >= 11 is 6.04. The van der Waals surface area contributed by atoms with Crippen LogP contribution >= 0.6 is 11.6 Å². The first-order chi connectivity index (χ1) is 13.0. The molecule has 2 aromatic carbocycles. The maximum absolute atomic E-state index is 13.0. The normalized spacial score (nSPS) is 15.9. The minimum atomic E-state index is -0.0110. The molecule has 0 saturated carbocycles. The molecule has 1 unspecified atom stereocenters. The van der Waals surface area contributed by atoms with Gasteiger partial charge in [-0.05, 0) is 29.7 Å². The van der Waals surface area contributed by atoms with Gasteiger partial charge in [0.15, 0.2) is 0 Å². The minimum Gasteiger partial charge on any atom is -0.341 e. The summed E-state index contributed by atoms with van der Waals surface area (Å²) in [4.78, 5) is 28.4. The monoisotopic (exact) mass is 384 g/mol. The number of carbonyl (C=O) groups excluding carboxylic acids is 2. The molecule has 0 aromatic heterocycles. The Morgan fingerprint density at radius 2 is 1.48 bits per heavy atom. The van der Waals surface area contributed by atoms with Gasteiger partial charge in [0, 0.05) is 50.5 Å². The number of hydrogen-bond donors (Lipinski definition) is 0. The van der Waals surface area contributed by atoms with Crippen molar-refractivity contribution in [1.82, 2.24) is 9.80 Å². The Kier molecular flexibility index (Phi) is 6.51. The lowest BCUT2D eigenvalue weighted by atomic mass is 9.88. The van der Waals surface area contributed by atoms with Crippen LogP contribution in [0.15, 0.2) is 54.6 Å². The van der Waals surface area contributed by atoms with Crippen LogP contribution in [-0.2, 0) is 9.59 Å². The lowest BCUT2D eigenvalue weighted by Crippen LogP contribution is -2.37. The smallest absolute Gasteiger partial charge is 0.223 e. The molecule has 0 spiro atoms. The Labute approximate surface area is 165 Å². The second kappa shape index (κ2) is 9.05. The quantitative estimate of drug-likeness (QED) is 0.801. The van der Waals surface area contributed by atoms with Crippen LogP contribution in [0.3, 0.4) is 0 Å². The predicted octanol–water partition coefficient (Wildman–Crippen LogP) is 3.94. The van der Waals surface area contributed by atoms with E-state index in [9.17, 15) is 9.59 Å². The van der Waals surface area contributed by atoms with Crippen LogP contribution < -0.4 is 0 Å². The van der Waals surface area contributed by atoms with E-state index in [-0.39, 0.29) is 17.7 Å². The van der Waals surface area contributed by atoms with E-state index >= 15 is 0 Å². The highest BCUT2D eigenvalue weighted by molar-refractivity contribution is 6.30. The summed E-state index contributed by atoms with van der Waals surface area (Å²) in [6.07, 6.45) is 1.23. The third-order valence-corrected chi connectivity index (χ3v) is 5.40. The first kappa shape index (κ1) is 19.4. The van der Waals surface area contributed by atoms with Crippen molar-refractivity contribution in [2.75, 3.05) is 26.2 Å². The molecule has 5 heteroatoms. The van der Waals surface area contributed by atoms with Gasteiger partial charge in [-0.1, -0.05) is 54.1 Å². The van der Waals surface area contributed by atoms with Gasteiger partial charge in [-0.25, -0.2) is 0 Å². The van der Waals surface area contributed by atoms with Crippen molar-refractivity contribution in [3.8, 4) is 0 Å². The standard InChI is InChI=1S/C22H25ClN2O2/c1-17(26)24-12-5-13-25(15-14-24)22(27)16-21(18-6-3-2-4-7-18)19-8-10-20(23)11-9-19/h2-4,6-11,21H,5,12-16H2,1H3. The number of amides is 2. The molecule has 4 nitrogen and oxygen atoms in total. The summed E-state index contributed by atoms with van der Waals surface area (Å²) in [6.45, 7) is 4.21. The van der Waals surface area contributed by atoms with Gasteiger partial charge >= 0.3 is 0 Å². The van der Waals surface area contributed by atoms with E-state index in [1.807, 2.05) is 52.3 Å². The molecule has 1 aliphatic rings. The minimum absolute atomic E-state index is 0.0110. The van der Waals surface area contributed by atoms with Crippen molar-refractivity contribution in [3.63, 3.8) is 0 Å². The van der Waals surface area contributed by atoms with E-state index in [0.717, 1.165) is 24.1 Å². The van der Waals surface area contributed by atoms with E-state index in [2.05, 4.69) is 12.1 Å². The number of halogens is 1. The molecule has 0 radical (unpaired) electrons. The number of hydrogen-bond acceptors (Lipinski definition) is 2. The van der Waals surface area contributed by atoms with Gasteiger partial charge in [-0.15, -0.1) is 0 Å². The van der Waals surface area contributed by atoms with E-state index < -0.39 is 0 Å². The van der Waals surface area contributed by atoms with Gasteiger partial charge in [0.05, 0.1) is 0 Å². The van der Waals surface area contributed by atoms with Gasteiger partial charge in [-0.3, -0.25) is 9.59 Å². The maximum atomic E-state index is 13.0. The molecule has 1 saturated heterocycles. The summed E-state index contributed by atoms with van der Waals surface area (Å²) in [5, 5.41) is 0.689. The van der Waals surface area contributed by atoms with Crippen LogP contribution in [0, 0.1) is 0 Å². The first-order valence-corrected chi connectivity index (χ1v) is 9.76. The number of rotatable bonds is 4. The van der Waals surface area contributed by atoms with E-state index in [4.69, 9.17) is 11.6 Å². The Bertz CT molecular complexity index is 777. The van der Waals surface area contributed by atoms with Crippen molar-refractivity contribution in [3.05, 3.63) is 70.7 Å². The molecule has 1 aliphatic heterocycles. The highest BCUT2D eigenvalue weighted by atomic mass is 35.5. The van der Waals surface area contributed by atoms with Crippen molar-refractivity contribution >= 4 is 23.4 Å². The molecule has 1 fully saturated rings. The van der Waals surface area contributed by atoms with Crippen molar-refractivity contribution in [2.45, 2.75) is 25.7 Å². The third kappa shape index (κ3) is 5.10.